The Morgan fingerprint density at radius 1 is 1.23 bits per heavy atom. The number of hydrogen-bond acceptors (Lipinski definition) is 3. The van der Waals surface area contributed by atoms with Crippen molar-refractivity contribution in [1.29, 1.82) is 0 Å². The van der Waals surface area contributed by atoms with E-state index in [0.717, 1.165) is 29.3 Å². The molecule has 26 heavy (non-hydrogen) atoms. The van der Waals surface area contributed by atoms with Crippen molar-refractivity contribution < 1.29 is 17.6 Å². The Morgan fingerprint density at radius 3 is 2.50 bits per heavy atom. The summed E-state index contributed by atoms with van der Waals surface area (Å²) < 4.78 is 52.1. The van der Waals surface area contributed by atoms with Crippen LogP contribution in [0.1, 0.15) is 28.8 Å². The molecule has 2 rings (SSSR count). The summed E-state index contributed by atoms with van der Waals surface area (Å²) in [4.78, 5) is 8.36. The van der Waals surface area contributed by atoms with E-state index in [4.69, 9.17) is 0 Å². The molecule has 0 atom stereocenters. The molecule has 1 heterocycles. The maximum absolute atomic E-state index is 13.1. The molecule has 0 amide bonds. The predicted octanol–water partition coefficient (Wildman–Crippen LogP) is 4.35. The quantitative estimate of drug-likeness (QED) is 0.277. The molecule has 0 fully saturated rings. The van der Waals surface area contributed by atoms with E-state index in [1.165, 1.54) is 7.05 Å². The second-order valence-corrected chi connectivity index (χ2v) is 6.11. The second kappa shape index (κ2) is 10.0. The third-order valence-corrected chi connectivity index (χ3v) is 4.43. The lowest BCUT2D eigenvalue weighted by Crippen LogP contribution is -2.36. The van der Waals surface area contributed by atoms with Crippen LogP contribution >= 0.6 is 35.3 Å². The van der Waals surface area contributed by atoms with Crippen molar-refractivity contribution in [3.05, 3.63) is 51.2 Å². The molecule has 0 aliphatic heterocycles. The highest BCUT2D eigenvalue weighted by Gasteiger charge is 2.33. The van der Waals surface area contributed by atoms with Gasteiger partial charge in [-0.1, -0.05) is 13.0 Å². The van der Waals surface area contributed by atoms with Crippen LogP contribution in [-0.2, 0) is 25.7 Å². The third-order valence-electron chi connectivity index (χ3n) is 3.39. The molecule has 0 aliphatic carbocycles. The van der Waals surface area contributed by atoms with Crippen LogP contribution in [0.2, 0.25) is 0 Å². The van der Waals surface area contributed by atoms with Crippen LogP contribution < -0.4 is 10.6 Å². The minimum atomic E-state index is -4.62. The number of halogens is 5. The molecule has 0 unspecified atom stereocenters. The van der Waals surface area contributed by atoms with Gasteiger partial charge in [0.15, 0.2) is 5.96 Å². The van der Waals surface area contributed by atoms with E-state index < -0.39 is 17.6 Å². The number of aryl methyl sites for hydroxylation is 1. The number of benzene rings is 1. The number of alkyl halides is 3. The first-order valence-electron chi connectivity index (χ1n) is 7.57. The van der Waals surface area contributed by atoms with E-state index in [9.17, 15) is 17.6 Å². The van der Waals surface area contributed by atoms with Crippen LogP contribution in [0, 0.1) is 5.82 Å². The average Bonchev–Trinajstić information content (AvgIpc) is 3.03. The van der Waals surface area contributed by atoms with Gasteiger partial charge in [0.25, 0.3) is 0 Å². The van der Waals surface area contributed by atoms with E-state index in [-0.39, 0.29) is 36.1 Å². The molecule has 0 saturated carbocycles. The van der Waals surface area contributed by atoms with Crippen molar-refractivity contribution in [2.75, 3.05) is 7.05 Å². The van der Waals surface area contributed by atoms with Crippen LogP contribution in [0.5, 0.6) is 0 Å². The van der Waals surface area contributed by atoms with Crippen molar-refractivity contribution in [2.24, 2.45) is 4.99 Å². The Hall–Kier alpha value is -1.43. The van der Waals surface area contributed by atoms with Gasteiger partial charge < -0.3 is 10.6 Å². The molecule has 10 heteroatoms. The standard InChI is InChI=1S/C16H18F4N4S.HI/c1-3-14-24-12(9-25-14)8-23-15(21-2)22-7-10-4-5-11(17)6-13(10)16(18,19)20;/h4-6,9H,3,7-8H2,1-2H3,(H2,21,22,23);1H. The highest BCUT2D eigenvalue weighted by atomic mass is 127. The summed E-state index contributed by atoms with van der Waals surface area (Å²) in [5.74, 6) is -0.586. The number of nitrogens with zero attached hydrogens (tertiary/aromatic N) is 2. The molecule has 144 valence electrons. The van der Waals surface area contributed by atoms with E-state index in [1.54, 1.807) is 11.3 Å². The Morgan fingerprint density at radius 2 is 1.92 bits per heavy atom. The molecular formula is C16H19F4IN4S. The zero-order chi connectivity index (χ0) is 18.4. The van der Waals surface area contributed by atoms with Crippen molar-refractivity contribution >= 4 is 41.3 Å². The number of rotatable bonds is 5. The number of guanidine groups is 1. The Balaban J connectivity index is 0.00000338. The predicted molar refractivity (Wildman–Crippen MR) is 105 cm³/mol. The fraction of sp³-hybridized carbons (Fsp3) is 0.375. The smallest absolute Gasteiger partial charge is 0.352 e. The second-order valence-electron chi connectivity index (χ2n) is 5.16. The Kier molecular flexibility index (Phi) is 8.74. The zero-order valence-electron chi connectivity index (χ0n) is 14.2. The number of aliphatic imine (C=N–C) groups is 1. The van der Waals surface area contributed by atoms with E-state index in [0.29, 0.717) is 18.6 Å². The van der Waals surface area contributed by atoms with Gasteiger partial charge in [0.05, 0.1) is 22.8 Å². The molecule has 4 nitrogen and oxygen atoms in total. The van der Waals surface area contributed by atoms with E-state index >= 15 is 0 Å². The average molecular weight is 502 g/mol. The van der Waals surface area contributed by atoms with Crippen LogP contribution in [-0.4, -0.2) is 18.0 Å². The first-order valence-corrected chi connectivity index (χ1v) is 8.45. The van der Waals surface area contributed by atoms with Gasteiger partial charge in [0, 0.05) is 19.0 Å². The maximum atomic E-state index is 13.1. The van der Waals surface area contributed by atoms with Gasteiger partial charge in [-0.05, 0) is 24.1 Å². The Labute approximate surface area is 170 Å². The fourth-order valence-electron chi connectivity index (χ4n) is 2.13. The molecule has 0 aliphatic rings. The lowest BCUT2D eigenvalue weighted by Gasteiger charge is -2.15. The third kappa shape index (κ3) is 6.38. The van der Waals surface area contributed by atoms with Crippen LogP contribution in [0.4, 0.5) is 17.6 Å². The molecule has 1 aromatic carbocycles. The highest BCUT2D eigenvalue weighted by molar-refractivity contribution is 14.0. The topological polar surface area (TPSA) is 49.3 Å². The first kappa shape index (κ1) is 22.6. The lowest BCUT2D eigenvalue weighted by atomic mass is 10.1. The van der Waals surface area contributed by atoms with Crippen molar-refractivity contribution in [2.45, 2.75) is 32.6 Å². The minimum Gasteiger partial charge on any atom is -0.352 e. The minimum absolute atomic E-state index is 0. The fourth-order valence-corrected chi connectivity index (χ4v) is 2.88. The SMILES string of the molecule is CCc1nc(CNC(=NC)NCc2ccc(F)cc2C(F)(F)F)cs1.I. The summed E-state index contributed by atoms with van der Waals surface area (Å²) in [6, 6.07) is 2.62. The van der Waals surface area contributed by atoms with Gasteiger partial charge in [-0.3, -0.25) is 4.99 Å². The molecule has 2 aromatic rings. The molecular weight excluding hydrogens is 483 g/mol. The van der Waals surface area contributed by atoms with E-state index in [2.05, 4.69) is 20.6 Å². The Bertz CT molecular complexity index is 746. The van der Waals surface area contributed by atoms with E-state index in [1.807, 2.05) is 12.3 Å². The molecule has 1 aromatic heterocycles. The maximum Gasteiger partial charge on any atom is 0.416 e. The number of aromatic nitrogens is 1. The molecule has 2 N–H and O–H groups in total. The van der Waals surface area contributed by atoms with Crippen LogP contribution in [0.25, 0.3) is 0 Å². The summed E-state index contributed by atoms with van der Waals surface area (Å²) in [5, 5.41) is 8.72. The van der Waals surface area contributed by atoms with Crippen molar-refractivity contribution in [3.63, 3.8) is 0 Å². The molecule has 0 spiro atoms. The summed E-state index contributed by atoms with van der Waals surface area (Å²) in [6.45, 7) is 2.29. The number of thiazole rings is 1. The number of hydrogen-bond donors (Lipinski definition) is 2. The number of nitrogens with one attached hydrogen (secondary N) is 2. The van der Waals surface area contributed by atoms with Crippen molar-refractivity contribution in [1.82, 2.24) is 15.6 Å². The van der Waals surface area contributed by atoms with Gasteiger partial charge in [-0.15, -0.1) is 35.3 Å². The largest absolute Gasteiger partial charge is 0.416 e. The summed E-state index contributed by atoms with van der Waals surface area (Å²) in [7, 11) is 1.52. The normalized spacial score (nSPS) is 11.8. The van der Waals surface area contributed by atoms with Crippen LogP contribution in [0.3, 0.4) is 0 Å². The van der Waals surface area contributed by atoms with Gasteiger partial charge in [0.2, 0.25) is 0 Å². The van der Waals surface area contributed by atoms with Gasteiger partial charge in [-0.25, -0.2) is 9.37 Å². The summed E-state index contributed by atoms with van der Waals surface area (Å²) >= 11 is 1.55. The molecule has 0 radical (unpaired) electrons. The van der Waals surface area contributed by atoms with Gasteiger partial charge in [-0.2, -0.15) is 13.2 Å². The highest BCUT2D eigenvalue weighted by Crippen LogP contribution is 2.32. The van der Waals surface area contributed by atoms with Gasteiger partial charge in [0.1, 0.15) is 5.82 Å². The summed E-state index contributed by atoms with van der Waals surface area (Å²) in [5.41, 5.74) is -0.219. The summed E-state index contributed by atoms with van der Waals surface area (Å²) in [6.07, 6.45) is -3.77. The molecule has 0 saturated heterocycles. The van der Waals surface area contributed by atoms with Crippen LogP contribution in [0.15, 0.2) is 28.6 Å². The van der Waals surface area contributed by atoms with Gasteiger partial charge >= 0.3 is 6.18 Å². The molecule has 0 bridgehead atoms. The van der Waals surface area contributed by atoms with Crippen molar-refractivity contribution in [3.8, 4) is 0 Å². The lowest BCUT2D eigenvalue weighted by molar-refractivity contribution is -0.138. The zero-order valence-corrected chi connectivity index (χ0v) is 17.3. The monoisotopic (exact) mass is 502 g/mol. The first-order chi connectivity index (χ1) is 11.8.